The van der Waals surface area contributed by atoms with Crippen LogP contribution in [0.2, 0.25) is 0 Å². The molecule has 2 fully saturated rings. The quantitative estimate of drug-likeness (QED) is 0.620. The molecule has 170 valence electrons. The second kappa shape index (κ2) is 5.24. The first-order chi connectivity index (χ1) is 15.8. The molecule has 7 atom stereocenters. The molecule has 0 amide bonds. The van der Waals surface area contributed by atoms with Crippen molar-refractivity contribution in [1.29, 1.82) is 0 Å². The predicted molar refractivity (Wildman–Crippen MR) is 126 cm³/mol. The van der Waals surface area contributed by atoms with Crippen LogP contribution in [0.15, 0.2) is 58.2 Å². The minimum absolute atomic E-state index is 0.00817. The zero-order chi connectivity index (χ0) is 22.5. The molecule has 3 heterocycles. The Labute approximate surface area is 193 Å². The lowest BCUT2D eigenvalue weighted by atomic mass is 9.40. The summed E-state index contributed by atoms with van der Waals surface area (Å²) >= 11 is 0. The van der Waals surface area contributed by atoms with E-state index in [1.807, 2.05) is 9.36 Å². The van der Waals surface area contributed by atoms with E-state index in [4.69, 9.17) is 0 Å². The molecule has 5 aliphatic carbocycles. The van der Waals surface area contributed by atoms with Crippen molar-refractivity contribution in [3.05, 3.63) is 80.7 Å². The highest BCUT2D eigenvalue weighted by atomic mass is 16.2. The van der Waals surface area contributed by atoms with Crippen molar-refractivity contribution < 1.29 is 0 Å². The Balaban J connectivity index is 1.38. The highest BCUT2D eigenvalue weighted by molar-refractivity contribution is 5.57. The van der Waals surface area contributed by atoms with E-state index in [1.54, 1.807) is 4.57 Å². The van der Waals surface area contributed by atoms with E-state index in [9.17, 15) is 9.59 Å². The summed E-state index contributed by atoms with van der Waals surface area (Å²) < 4.78 is 5.38. The first kappa shape index (κ1) is 18.8. The molecule has 33 heavy (non-hydrogen) atoms. The molecule has 7 aliphatic rings. The standard InChI is InChI=1S/C28H31N3O2/c1-25(2)18-11-12-26(25,3)22(16-18)29-23(32)30-20-8-9-21(31(30)24(29)33)28-15-14-27(20,28)13-10-17-6-4-5-7-19(17)28/h4-9,14-15,18,20-22H,10-13,16H2,1-3H3/t18-,20+,21+,22+,26+,27-,28-/m0/s1. The van der Waals surface area contributed by atoms with E-state index in [1.165, 1.54) is 17.5 Å². The van der Waals surface area contributed by atoms with Crippen molar-refractivity contribution in [3.8, 4) is 0 Å². The number of fused-ring (bicyclic) bond motifs is 3. The van der Waals surface area contributed by atoms with E-state index in [2.05, 4.69) is 69.3 Å². The minimum atomic E-state index is -0.221. The van der Waals surface area contributed by atoms with Crippen molar-refractivity contribution in [3.63, 3.8) is 0 Å². The molecule has 0 radical (unpaired) electrons. The molecule has 1 aromatic heterocycles. The zero-order valence-electron chi connectivity index (χ0n) is 19.6. The number of benzene rings is 1. The van der Waals surface area contributed by atoms with Gasteiger partial charge in [0.05, 0.1) is 17.5 Å². The number of hydrogen-bond donors (Lipinski definition) is 0. The average molecular weight is 442 g/mol. The maximum absolute atomic E-state index is 14.1. The summed E-state index contributed by atoms with van der Waals surface area (Å²) in [6.07, 6.45) is 14.4. The summed E-state index contributed by atoms with van der Waals surface area (Å²) in [4.78, 5) is 28.2. The molecule has 9 rings (SSSR count). The van der Waals surface area contributed by atoms with Crippen molar-refractivity contribution >= 4 is 0 Å². The highest BCUT2D eigenvalue weighted by Gasteiger charge is 2.70. The molecule has 5 heteroatoms. The fourth-order valence-electron chi connectivity index (χ4n) is 9.53. The number of hydrogen-bond acceptors (Lipinski definition) is 2. The highest BCUT2D eigenvalue weighted by Crippen LogP contribution is 2.72. The molecule has 2 saturated carbocycles. The fraction of sp³-hybridized carbons (Fsp3) is 0.571. The maximum atomic E-state index is 14.1. The van der Waals surface area contributed by atoms with Crippen LogP contribution in [0.4, 0.5) is 0 Å². The third-order valence-corrected chi connectivity index (χ3v) is 11.8. The Morgan fingerprint density at radius 1 is 0.909 bits per heavy atom. The number of nitrogens with zero attached hydrogens (tertiary/aromatic N) is 3. The largest absolute Gasteiger partial charge is 0.348 e. The summed E-state index contributed by atoms with van der Waals surface area (Å²) in [5.74, 6) is 0.583. The molecular formula is C28H31N3O2. The first-order valence-electron chi connectivity index (χ1n) is 12.7. The maximum Gasteiger partial charge on any atom is 0.348 e. The van der Waals surface area contributed by atoms with Crippen LogP contribution in [0.25, 0.3) is 0 Å². The topological polar surface area (TPSA) is 48.9 Å². The monoisotopic (exact) mass is 441 g/mol. The second-order valence-electron chi connectivity index (χ2n) is 12.4. The molecule has 0 spiro atoms. The van der Waals surface area contributed by atoms with Crippen LogP contribution in [0.5, 0.6) is 0 Å². The fourth-order valence-corrected chi connectivity index (χ4v) is 9.53. The molecule has 4 bridgehead atoms. The van der Waals surface area contributed by atoms with Gasteiger partial charge in [-0.05, 0) is 60.0 Å². The van der Waals surface area contributed by atoms with Gasteiger partial charge < -0.3 is 0 Å². The summed E-state index contributed by atoms with van der Waals surface area (Å²) in [6.45, 7) is 7.02. The van der Waals surface area contributed by atoms with Gasteiger partial charge in [0.1, 0.15) is 0 Å². The smallest absolute Gasteiger partial charge is 0.246 e. The van der Waals surface area contributed by atoms with Gasteiger partial charge in [0.15, 0.2) is 0 Å². The normalized spacial score (nSPS) is 44.2. The lowest BCUT2D eigenvalue weighted by Gasteiger charge is -2.67. The number of aryl methyl sites for hydroxylation is 1. The summed E-state index contributed by atoms with van der Waals surface area (Å²) in [7, 11) is 0. The van der Waals surface area contributed by atoms with Gasteiger partial charge in [-0.1, -0.05) is 69.3 Å². The Morgan fingerprint density at radius 3 is 2.30 bits per heavy atom. The third kappa shape index (κ3) is 1.63. The average Bonchev–Trinajstić information content (AvgIpc) is 3.26. The molecule has 1 aromatic carbocycles. The Kier molecular flexibility index (Phi) is 2.99. The summed E-state index contributed by atoms with van der Waals surface area (Å²) in [5, 5.41) is 0. The van der Waals surface area contributed by atoms with Crippen molar-refractivity contribution in [2.75, 3.05) is 0 Å². The molecule has 2 aromatic rings. The van der Waals surface area contributed by atoms with E-state index in [-0.39, 0.29) is 51.2 Å². The van der Waals surface area contributed by atoms with Crippen LogP contribution in [-0.2, 0) is 11.8 Å². The van der Waals surface area contributed by atoms with E-state index in [0.29, 0.717) is 5.92 Å². The van der Waals surface area contributed by atoms with E-state index >= 15 is 0 Å². The van der Waals surface area contributed by atoms with Crippen LogP contribution >= 0.6 is 0 Å². The number of rotatable bonds is 1. The summed E-state index contributed by atoms with van der Waals surface area (Å²) in [5.41, 5.74) is 2.36. The van der Waals surface area contributed by atoms with Crippen LogP contribution in [0.3, 0.4) is 0 Å². The molecule has 0 N–H and O–H groups in total. The van der Waals surface area contributed by atoms with Gasteiger partial charge in [0.2, 0.25) is 0 Å². The van der Waals surface area contributed by atoms with Crippen LogP contribution < -0.4 is 11.4 Å². The van der Waals surface area contributed by atoms with Crippen LogP contribution in [0, 0.1) is 22.2 Å². The number of aromatic nitrogens is 3. The SMILES string of the molecule is CC1(C)[C@H]2CC[C@]1(C)[C@H](n1c(=O)n3n(c1=O)[C@@H]1C=C[C@@H]3[C@@]34C=C[C@@]13CCc1ccccc14)C2. The summed E-state index contributed by atoms with van der Waals surface area (Å²) in [6, 6.07) is 8.50. The van der Waals surface area contributed by atoms with Gasteiger partial charge in [-0.25, -0.2) is 23.5 Å². The molecule has 0 saturated heterocycles. The third-order valence-electron chi connectivity index (χ3n) is 11.8. The molecule has 0 unspecified atom stereocenters. The first-order valence-corrected chi connectivity index (χ1v) is 12.7. The number of allylic oxidation sites excluding steroid dienone is 4. The molecule has 2 aliphatic heterocycles. The Morgan fingerprint density at radius 2 is 1.64 bits per heavy atom. The van der Waals surface area contributed by atoms with Gasteiger partial charge in [0, 0.05) is 11.5 Å². The van der Waals surface area contributed by atoms with Gasteiger partial charge >= 0.3 is 11.4 Å². The minimum Gasteiger partial charge on any atom is -0.246 e. The van der Waals surface area contributed by atoms with Gasteiger partial charge in [-0.15, -0.1) is 0 Å². The van der Waals surface area contributed by atoms with Crippen LogP contribution in [0.1, 0.15) is 75.7 Å². The van der Waals surface area contributed by atoms with Gasteiger partial charge in [-0.3, -0.25) is 0 Å². The lowest BCUT2D eigenvalue weighted by molar-refractivity contribution is -0.00716. The second-order valence-corrected chi connectivity index (χ2v) is 12.4. The molecular weight excluding hydrogens is 410 g/mol. The van der Waals surface area contributed by atoms with Crippen molar-refractivity contribution in [1.82, 2.24) is 13.9 Å². The Hall–Kier alpha value is -2.56. The Bertz CT molecular complexity index is 1440. The predicted octanol–water partition coefficient (Wildman–Crippen LogP) is 4.30. The zero-order valence-corrected chi connectivity index (χ0v) is 19.6. The van der Waals surface area contributed by atoms with Crippen molar-refractivity contribution in [2.45, 2.75) is 76.4 Å². The molecule has 5 nitrogen and oxygen atoms in total. The van der Waals surface area contributed by atoms with Crippen molar-refractivity contribution in [2.24, 2.45) is 22.2 Å². The van der Waals surface area contributed by atoms with E-state index in [0.717, 1.165) is 25.7 Å². The van der Waals surface area contributed by atoms with Gasteiger partial charge in [0.25, 0.3) is 0 Å². The van der Waals surface area contributed by atoms with Crippen LogP contribution in [-0.4, -0.2) is 13.9 Å². The van der Waals surface area contributed by atoms with E-state index < -0.39 is 0 Å². The lowest BCUT2D eigenvalue weighted by Crippen LogP contribution is -2.67. The van der Waals surface area contributed by atoms with Gasteiger partial charge in [-0.2, -0.15) is 0 Å².